The van der Waals surface area contributed by atoms with Crippen LogP contribution >= 0.6 is 0 Å². The average Bonchev–Trinajstić information content (AvgIpc) is 2.61. The molecule has 3 rings (SSSR count). The summed E-state index contributed by atoms with van der Waals surface area (Å²) in [5, 5.41) is 12.0. The Morgan fingerprint density at radius 2 is 1.92 bits per heavy atom. The number of nitrogens with one attached hydrogen (secondary N) is 2. The van der Waals surface area contributed by atoms with E-state index < -0.39 is 5.91 Å². The smallest absolute Gasteiger partial charge is 0.274 e. The number of hydrogen-bond acceptors (Lipinski definition) is 3. The molecule has 0 aliphatic heterocycles. The van der Waals surface area contributed by atoms with Crippen LogP contribution in [0.2, 0.25) is 0 Å². The topological polar surface area (TPSA) is 78.4 Å². The Morgan fingerprint density at radius 3 is 2.62 bits per heavy atom. The zero-order valence-electron chi connectivity index (χ0n) is 14.2. The molecule has 0 radical (unpaired) electrons. The minimum Gasteiger partial charge on any atom is -0.349 e. The van der Waals surface area contributed by atoms with E-state index in [0.717, 1.165) is 56.1 Å². The quantitative estimate of drug-likeness (QED) is 0.588. The van der Waals surface area contributed by atoms with Crippen LogP contribution in [0.4, 0.5) is 0 Å². The summed E-state index contributed by atoms with van der Waals surface area (Å²) in [6, 6.07) is 5.46. The molecule has 2 aliphatic rings. The molecule has 0 aromatic heterocycles. The zero-order valence-corrected chi connectivity index (χ0v) is 14.2. The van der Waals surface area contributed by atoms with Gasteiger partial charge in [0.25, 0.3) is 5.91 Å². The van der Waals surface area contributed by atoms with Crippen molar-refractivity contribution in [2.24, 2.45) is 5.41 Å². The van der Waals surface area contributed by atoms with Gasteiger partial charge in [0, 0.05) is 11.0 Å². The van der Waals surface area contributed by atoms with Gasteiger partial charge in [0.1, 0.15) is 0 Å². The van der Waals surface area contributed by atoms with Gasteiger partial charge < -0.3 is 5.32 Å². The van der Waals surface area contributed by atoms with Crippen molar-refractivity contribution in [3.63, 3.8) is 0 Å². The van der Waals surface area contributed by atoms with Crippen molar-refractivity contribution in [3.8, 4) is 0 Å². The lowest BCUT2D eigenvalue weighted by molar-refractivity contribution is -0.132. The third kappa shape index (κ3) is 3.31. The van der Waals surface area contributed by atoms with Crippen molar-refractivity contribution in [1.29, 1.82) is 0 Å². The van der Waals surface area contributed by atoms with E-state index in [1.165, 1.54) is 6.42 Å². The highest BCUT2D eigenvalue weighted by Crippen LogP contribution is 2.38. The van der Waals surface area contributed by atoms with Gasteiger partial charge in [0.15, 0.2) is 0 Å². The average molecular weight is 330 g/mol. The maximum Gasteiger partial charge on any atom is 0.274 e. The molecular formula is C19H26N2O3. The zero-order chi connectivity index (χ0) is 17.2. The minimum atomic E-state index is -0.501. The van der Waals surface area contributed by atoms with Crippen LogP contribution in [0.3, 0.4) is 0 Å². The van der Waals surface area contributed by atoms with Gasteiger partial charge in [-0.3, -0.25) is 14.8 Å². The maximum absolute atomic E-state index is 12.8. The van der Waals surface area contributed by atoms with E-state index in [1.807, 2.05) is 12.1 Å². The van der Waals surface area contributed by atoms with Crippen molar-refractivity contribution in [3.05, 3.63) is 34.9 Å². The molecular weight excluding hydrogens is 304 g/mol. The first-order valence-electron chi connectivity index (χ1n) is 8.92. The number of fused-ring (bicyclic) bond motifs is 1. The number of aryl methyl sites for hydroxylation is 1. The molecule has 0 spiro atoms. The summed E-state index contributed by atoms with van der Waals surface area (Å²) >= 11 is 0. The largest absolute Gasteiger partial charge is 0.349 e. The molecule has 0 bridgehead atoms. The highest BCUT2D eigenvalue weighted by atomic mass is 16.5. The predicted molar refractivity (Wildman–Crippen MR) is 90.7 cm³/mol. The third-order valence-electron chi connectivity index (χ3n) is 5.63. The number of rotatable bonds is 3. The number of carbonyl (C=O) groups excluding carboxylic acids is 2. The van der Waals surface area contributed by atoms with E-state index in [2.05, 4.69) is 12.2 Å². The number of benzene rings is 1. The van der Waals surface area contributed by atoms with Crippen LogP contribution in [-0.4, -0.2) is 17.0 Å². The SMILES string of the molecule is CC1(C(=O)NC2CCCc3cc(C(=O)NO)ccc32)CCCCC1. The van der Waals surface area contributed by atoms with Gasteiger partial charge in [-0.1, -0.05) is 32.3 Å². The van der Waals surface area contributed by atoms with Crippen LogP contribution in [-0.2, 0) is 11.2 Å². The van der Waals surface area contributed by atoms with Gasteiger partial charge in [0.05, 0.1) is 6.04 Å². The Hall–Kier alpha value is -1.88. The summed E-state index contributed by atoms with van der Waals surface area (Å²) in [5.74, 6) is -0.337. The number of hydroxylamine groups is 1. The molecule has 1 fully saturated rings. The molecule has 1 aromatic carbocycles. The number of hydrogen-bond donors (Lipinski definition) is 3. The molecule has 130 valence electrons. The van der Waals surface area contributed by atoms with E-state index in [-0.39, 0.29) is 17.4 Å². The molecule has 0 heterocycles. The monoisotopic (exact) mass is 330 g/mol. The first-order valence-corrected chi connectivity index (χ1v) is 8.92. The van der Waals surface area contributed by atoms with E-state index in [9.17, 15) is 9.59 Å². The highest BCUT2D eigenvalue weighted by molar-refractivity contribution is 5.93. The van der Waals surface area contributed by atoms with Crippen molar-refractivity contribution < 1.29 is 14.8 Å². The van der Waals surface area contributed by atoms with Gasteiger partial charge in [-0.15, -0.1) is 0 Å². The van der Waals surface area contributed by atoms with Crippen LogP contribution in [0.25, 0.3) is 0 Å². The third-order valence-corrected chi connectivity index (χ3v) is 5.63. The second-order valence-corrected chi connectivity index (χ2v) is 7.39. The second-order valence-electron chi connectivity index (χ2n) is 7.39. The summed E-state index contributed by atoms with van der Waals surface area (Å²) in [6.07, 6.45) is 8.23. The fourth-order valence-electron chi connectivity index (χ4n) is 4.06. The molecule has 3 N–H and O–H groups in total. The van der Waals surface area contributed by atoms with Gasteiger partial charge >= 0.3 is 0 Å². The molecule has 1 unspecified atom stereocenters. The second kappa shape index (κ2) is 6.93. The summed E-state index contributed by atoms with van der Waals surface area (Å²) < 4.78 is 0. The summed E-state index contributed by atoms with van der Waals surface area (Å²) in [5.41, 5.74) is 4.06. The molecule has 5 heteroatoms. The summed E-state index contributed by atoms with van der Waals surface area (Å²) in [6.45, 7) is 2.08. The van der Waals surface area contributed by atoms with E-state index in [4.69, 9.17) is 5.21 Å². The molecule has 1 saturated carbocycles. The molecule has 24 heavy (non-hydrogen) atoms. The maximum atomic E-state index is 12.8. The van der Waals surface area contributed by atoms with Crippen molar-refractivity contribution in [2.75, 3.05) is 0 Å². The normalized spacial score (nSPS) is 22.3. The first-order chi connectivity index (χ1) is 11.5. The highest BCUT2D eigenvalue weighted by Gasteiger charge is 2.36. The Balaban J connectivity index is 1.77. The van der Waals surface area contributed by atoms with E-state index >= 15 is 0 Å². The fraction of sp³-hybridized carbons (Fsp3) is 0.579. The van der Waals surface area contributed by atoms with Crippen molar-refractivity contribution in [1.82, 2.24) is 10.8 Å². The Labute approximate surface area is 142 Å². The number of amides is 2. The Bertz CT molecular complexity index is 635. The van der Waals surface area contributed by atoms with Gasteiger partial charge in [-0.25, -0.2) is 5.48 Å². The van der Waals surface area contributed by atoms with E-state index in [1.54, 1.807) is 11.5 Å². The van der Waals surface area contributed by atoms with Crippen molar-refractivity contribution >= 4 is 11.8 Å². The molecule has 1 atom stereocenters. The van der Waals surface area contributed by atoms with Gasteiger partial charge in [-0.05, 0) is 55.4 Å². The Morgan fingerprint density at radius 1 is 1.17 bits per heavy atom. The summed E-state index contributed by atoms with van der Waals surface area (Å²) in [4.78, 5) is 24.4. The van der Waals surface area contributed by atoms with Gasteiger partial charge in [-0.2, -0.15) is 0 Å². The summed E-state index contributed by atoms with van der Waals surface area (Å²) in [7, 11) is 0. The number of carbonyl (C=O) groups is 2. The van der Waals surface area contributed by atoms with Crippen LogP contribution in [0.15, 0.2) is 18.2 Å². The first kappa shape index (κ1) is 17.0. The van der Waals surface area contributed by atoms with Crippen LogP contribution in [0, 0.1) is 5.41 Å². The lowest BCUT2D eigenvalue weighted by Gasteiger charge is -2.35. The van der Waals surface area contributed by atoms with Crippen LogP contribution in [0.5, 0.6) is 0 Å². The lowest BCUT2D eigenvalue weighted by atomic mass is 9.74. The molecule has 5 nitrogen and oxygen atoms in total. The molecule has 2 amide bonds. The standard InChI is InChI=1S/C19H26N2O3/c1-19(10-3-2-4-11-19)18(23)20-16-7-5-6-13-12-14(17(22)21-24)8-9-15(13)16/h8-9,12,16,24H,2-7,10-11H2,1H3,(H,20,23)(H,21,22). The predicted octanol–water partition coefficient (Wildman–Crippen LogP) is 3.27. The fourth-order valence-corrected chi connectivity index (χ4v) is 4.06. The van der Waals surface area contributed by atoms with Crippen LogP contribution in [0.1, 0.15) is 79.4 Å². The van der Waals surface area contributed by atoms with Crippen molar-refractivity contribution in [2.45, 2.75) is 64.3 Å². The van der Waals surface area contributed by atoms with Crippen LogP contribution < -0.4 is 10.8 Å². The molecule has 1 aromatic rings. The molecule has 0 saturated heterocycles. The van der Waals surface area contributed by atoms with E-state index in [0.29, 0.717) is 5.56 Å². The Kier molecular flexibility index (Phi) is 4.90. The lowest BCUT2D eigenvalue weighted by Crippen LogP contribution is -2.42. The molecule has 2 aliphatic carbocycles. The van der Waals surface area contributed by atoms with Gasteiger partial charge in [0.2, 0.25) is 5.91 Å². The minimum absolute atomic E-state index is 0.0197.